The molecule has 0 aromatic carbocycles. The van der Waals surface area contributed by atoms with Gasteiger partial charge in [0, 0.05) is 32.6 Å². The van der Waals surface area contributed by atoms with Crippen molar-refractivity contribution >= 4 is 5.91 Å². The predicted octanol–water partition coefficient (Wildman–Crippen LogP) is 2.38. The zero-order valence-corrected chi connectivity index (χ0v) is 19.1. The van der Waals surface area contributed by atoms with Crippen molar-refractivity contribution in [2.45, 2.75) is 77.2 Å². The fourth-order valence-corrected chi connectivity index (χ4v) is 3.46. The van der Waals surface area contributed by atoms with Crippen LogP contribution in [0.25, 0.3) is 0 Å². The molecule has 0 aliphatic rings. The number of aliphatic hydroxyl groups is 2. The van der Waals surface area contributed by atoms with Gasteiger partial charge in [-0.15, -0.1) is 0 Å². The molecule has 0 rings (SSSR count). The molecular weight excluding hydrogens is 354 g/mol. The smallest absolute Gasteiger partial charge is 0.220 e. The van der Waals surface area contributed by atoms with Gasteiger partial charge in [0.1, 0.15) is 12.6 Å². The molecule has 0 spiro atoms. The highest BCUT2D eigenvalue weighted by molar-refractivity contribution is 5.75. The summed E-state index contributed by atoms with van der Waals surface area (Å²) in [5.74, 6) is 0.110. The summed E-state index contributed by atoms with van der Waals surface area (Å²) >= 11 is 0. The van der Waals surface area contributed by atoms with Crippen LogP contribution in [-0.2, 0) is 4.79 Å². The number of rotatable bonds is 19. The molecule has 6 heteroatoms. The summed E-state index contributed by atoms with van der Waals surface area (Å²) in [6.45, 7) is 5.21. The number of hydrogen-bond acceptors (Lipinski definition) is 4. The van der Waals surface area contributed by atoms with E-state index in [4.69, 9.17) is 0 Å². The first-order valence-electron chi connectivity index (χ1n) is 11.4. The third-order valence-corrected chi connectivity index (χ3v) is 4.90. The lowest BCUT2D eigenvalue weighted by molar-refractivity contribution is -0.873. The van der Waals surface area contributed by atoms with E-state index < -0.39 is 6.10 Å². The maximum absolute atomic E-state index is 12.0. The van der Waals surface area contributed by atoms with Gasteiger partial charge in [-0.05, 0) is 6.42 Å². The predicted molar refractivity (Wildman–Crippen MR) is 117 cm³/mol. The molecule has 0 saturated carbocycles. The zero-order valence-electron chi connectivity index (χ0n) is 19.1. The minimum atomic E-state index is -0.441. The van der Waals surface area contributed by atoms with Crippen molar-refractivity contribution in [1.29, 1.82) is 0 Å². The Morgan fingerprint density at radius 2 is 1.54 bits per heavy atom. The van der Waals surface area contributed by atoms with Crippen molar-refractivity contribution < 1.29 is 19.5 Å². The van der Waals surface area contributed by atoms with Crippen LogP contribution in [0.4, 0.5) is 0 Å². The maximum atomic E-state index is 12.0. The molecule has 6 nitrogen and oxygen atoms in total. The van der Waals surface area contributed by atoms with Gasteiger partial charge in [0.2, 0.25) is 5.91 Å². The molecule has 0 aromatic rings. The Bertz CT molecular complexity index is 373. The van der Waals surface area contributed by atoms with Gasteiger partial charge < -0.3 is 20.0 Å². The van der Waals surface area contributed by atoms with Crippen molar-refractivity contribution in [1.82, 2.24) is 10.2 Å². The summed E-state index contributed by atoms with van der Waals surface area (Å²) in [6.07, 6.45) is 11.5. The van der Waals surface area contributed by atoms with Crippen LogP contribution in [0.15, 0.2) is 0 Å². The number of carbonyl (C=O) groups excluding carboxylic acids is 1. The van der Waals surface area contributed by atoms with Crippen molar-refractivity contribution in [3.8, 4) is 0 Å². The van der Waals surface area contributed by atoms with Gasteiger partial charge in [-0.2, -0.15) is 0 Å². The molecule has 0 radical (unpaired) electrons. The summed E-state index contributed by atoms with van der Waals surface area (Å²) in [5.41, 5.74) is 0. The molecule has 0 aliphatic heterocycles. The van der Waals surface area contributed by atoms with E-state index in [1.54, 1.807) is 0 Å². The lowest BCUT2D eigenvalue weighted by Gasteiger charge is -2.30. The molecule has 1 amide bonds. The Labute approximate surface area is 173 Å². The molecule has 1 atom stereocenters. The SMILES string of the molecule is CCCCCCCCCCCC(=O)NCCN(CCO)CC(O)C[N+](C)(C)C. The van der Waals surface area contributed by atoms with Gasteiger partial charge in [-0.3, -0.25) is 9.69 Å². The van der Waals surface area contributed by atoms with Gasteiger partial charge in [-0.1, -0.05) is 58.3 Å². The van der Waals surface area contributed by atoms with E-state index in [2.05, 4.69) is 12.2 Å². The highest BCUT2D eigenvalue weighted by atomic mass is 16.3. The van der Waals surface area contributed by atoms with Crippen LogP contribution >= 0.6 is 0 Å². The molecule has 0 bridgehead atoms. The minimum Gasteiger partial charge on any atom is -0.395 e. The van der Waals surface area contributed by atoms with Crippen LogP contribution in [-0.4, -0.2) is 92.1 Å². The number of hydrogen-bond donors (Lipinski definition) is 3. The highest BCUT2D eigenvalue weighted by Gasteiger charge is 2.18. The molecular formula is C22H48N3O3+. The quantitative estimate of drug-likeness (QED) is 0.229. The molecule has 0 aliphatic carbocycles. The van der Waals surface area contributed by atoms with Crippen LogP contribution in [0.5, 0.6) is 0 Å². The van der Waals surface area contributed by atoms with E-state index in [0.29, 0.717) is 43.6 Å². The van der Waals surface area contributed by atoms with E-state index in [0.717, 1.165) is 12.8 Å². The number of nitrogens with zero attached hydrogens (tertiary/aromatic N) is 2. The van der Waals surface area contributed by atoms with E-state index >= 15 is 0 Å². The first-order chi connectivity index (χ1) is 13.3. The minimum absolute atomic E-state index is 0.0590. The lowest BCUT2D eigenvalue weighted by atomic mass is 10.1. The second-order valence-corrected chi connectivity index (χ2v) is 9.08. The van der Waals surface area contributed by atoms with Gasteiger partial charge >= 0.3 is 0 Å². The van der Waals surface area contributed by atoms with Crippen molar-refractivity contribution in [3.63, 3.8) is 0 Å². The zero-order chi connectivity index (χ0) is 21.3. The standard InChI is InChI=1S/C22H47N3O3/c1-5-6-7-8-9-10-11-12-13-14-22(28)23-15-16-24(17-18-26)19-21(27)20-25(2,3)4/h21,26-27H,5-20H2,1-4H3/p+1. The van der Waals surface area contributed by atoms with Crippen LogP contribution in [0.2, 0.25) is 0 Å². The van der Waals surface area contributed by atoms with Gasteiger partial charge in [0.05, 0.1) is 27.7 Å². The van der Waals surface area contributed by atoms with Crippen LogP contribution in [0, 0.1) is 0 Å². The Morgan fingerprint density at radius 3 is 2.07 bits per heavy atom. The second kappa shape index (κ2) is 17.2. The average molecular weight is 403 g/mol. The Hall–Kier alpha value is -0.690. The molecule has 0 fully saturated rings. The largest absolute Gasteiger partial charge is 0.395 e. The summed E-state index contributed by atoms with van der Waals surface area (Å²) in [7, 11) is 6.14. The van der Waals surface area contributed by atoms with Crippen LogP contribution < -0.4 is 5.32 Å². The third kappa shape index (κ3) is 18.7. The number of nitrogens with one attached hydrogen (secondary N) is 1. The van der Waals surface area contributed by atoms with E-state index in [9.17, 15) is 15.0 Å². The fraction of sp³-hybridized carbons (Fsp3) is 0.955. The summed E-state index contributed by atoms with van der Waals surface area (Å²) in [5, 5.41) is 22.4. The molecule has 1 unspecified atom stereocenters. The Kier molecular flexibility index (Phi) is 16.8. The van der Waals surface area contributed by atoms with Gasteiger partial charge in [0.15, 0.2) is 0 Å². The van der Waals surface area contributed by atoms with Crippen molar-refractivity contribution in [2.24, 2.45) is 0 Å². The highest BCUT2D eigenvalue weighted by Crippen LogP contribution is 2.10. The topological polar surface area (TPSA) is 72.8 Å². The maximum Gasteiger partial charge on any atom is 0.220 e. The Morgan fingerprint density at radius 1 is 0.964 bits per heavy atom. The number of aliphatic hydroxyl groups excluding tert-OH is 2. The first kappa shape index (κ1) is 27.3. The number of unbranched alkanes of at least 4 members (excludes halogenated alkanes) is 8. The van der Waals surface area contributed by atoms with E-state index in [1.165, 1.54) is 44.9 Å². The number of carbonyl (C=O) groups is 1. The van der Waals surface area contributed by atoms with Crippen LogP contribution in [0.1, 0.15) is 71.1 Å². The summed E-state index contributed by atoms with van der Waals surface area (Å²) in [4.78, 5) is 14.0. The monoisotopic (exact) mass is 402 g/mol. The first-order valence-corrected chi connectivity index (χ1v) is 11.4. The normalized spacial score (nSPS) is 13.1. The molecule has 0 saturated heterocycles. The average Bonchev–Trinajstić information content (AvgIpc) is 2.58. The van der Waals surface area contributed by atoms with E-state index in [1.807, 2.05) is 26.0 Å². The van der Waals surface area contributed by atoms with Gasteiger partial charge in [-0.25, -0.2) is 0 Å². The molecule has 3 N–H and O–H groups in total. The molecule has 0 aromatic heterocycles. The van der Waals surface area contributed by atoms with E-state index in [-0.39, 0.29) is 12.5 Å². The third-order valence-electron chi connectivity index (χ3n) is 4.90. The summed E-state index contributed by atoms with van der Waals surface area (Å²) < 4.78 is 0.698. The number of amides is 1. The number of quaternary nitrogens is 1. The van der Waals surface area contributed by atoms with Crippen LogP contribution in [0.3, 0.4) is 0 Å². The molecule has 0 heterocycles. The fourth-order valence-electron chi connectivity index (χ4n) is 3.46. The second-order valence-electron chi connectivity index (χ2n) is 9.08. The number of likely N-dealkylation sites (N-methyl/N-ethyl adjacent to an activating group) is 1. The van der Waals surface area contributed by atoms with Crippen molar-refractivity contribution in [3.05, 3.63) is 0 Å². The molecule has 168 valence electrons. The molecule has 28 heavy (non-hydrogen) atoms. The van der Waals surface area contributed by atoms with Crippen molar-refractivity contribution in [2.75, 3.05) is 60.5 Å². The summed E-state index contributed by atoms with van der Waals surface area (Å²) in [6, 6.07) is 0. The Balaban J connectivity index is 3.76. The van der Waals surface area contributed by atoms with Gasteiger partial charge in [0.25, 0.3) is 0 Å². The lowest BCUT2D eigenvalue weighted by Crippen LogP contribution is -2.47.